The van der Waals surface area contributed by atoms with Gasteiger partial charge < -0.3 is 9.72 Å². The highest BCUT2D eigenvalue weighted by atomic mass is 32.2. The third-order valence-electron chi connectivity index (χ3n) is 4.99. The van der Waals surface area contributed by atoms with Crippen LogP contribution in [-0.2, 0) is 21.3 Å². The van der Waals surface area contributed by atoms with Gasteiger partial charge in [-0.1, -0.05) is 36.4 Å². The maximum Gasteiger partial charge on any atom is 0.252 e. The Balaban J connectivity index is 1.71. The number of H-pyrrole nitrogens is 1. The number of aromatic nitrogens is 1. The number of hydrogen-bond donors (Lipinski definition) is 1. The summed E-state index contributed by atoms with van der Waals surface area (Å²) in [6.07, 6.45) is 1.58. The number of rotatable bonds is 6. The van der Waals surface area contributed by atoms with Crippen LogP contribution in [0.25, 0.3) is 10.9 Å². The average molecular weight is 398 g/mol. The van der Waals surface area contributed by atoms with Gasteiger partial charge in [0, 0.05) is 30.8 Å². The number of fused-ring (bicyclic) bond motifs is 1. The molecule has 0 radical (unpaired) electrons. The van der Waals surface area contributed by atoms with Crippen molar-refractivity contribution in [1.29, 1.82) is 0 Å². The van der Waals surface area contributed by atoms with Crippen LogP contribution in [0.2, 0.25) is 0 Å². The average Bonchev–Trinajstić information content (AvgIpc) is 3.22. The molecule has 0 amide bonds. The van der Waals surface area contributed by atoms with Gasteiger partial charge in [0.1, 0.15) is 0 Å². The molecule has 1 aliphatic heterocycles. The summed E-state index contributed by atoms with van der Waals surface area (Å²) in [6, 6.07) is 17.5. The standard InChI is InChI=1S/C21H22N2O4S/c24-21-17(13-16-7-4-5-11-20(16)22-21)14-23(15-18-8-6-12-27-18)28(25,26)19-9-2-1-3-10-19/h1-5,7,9-11,13,18H,6,8,12,14-15H2,(H,22,24)/t18-/m1/s1. The SMILES string of the molecule is O=c1[nH]c2ccccc2cc1CN(C[C@H]1CCCO1)S(=O)(=O)c1ccccc1. The molecule has 3 aromatic rings. The number of sulfonamides is 1. The van der Waals surface area contributed by atoms with Crippen molar-refractivity contribution in [2.24, 2.45) is 0 Å². The molecule has 1 atom stereocenters. The maximum atomic E-state index is 13.3. The molecule has 2 aromatic carbocycles. The Morgan fingerprint density at radius 1 is 1.07 bits per heavy atom. The smallest absolute Gasteiger partial charge is 0.252 e. The molecule has 6 nitrogen and oxygen atoms in total. The number of benzene rings is 2. The second-order valence-electron chi connectivity index (χ2n) is 6.96. The topological polar surface area (TPSA) is 79.5 Å². The summed E-state index contributed by atoms with van der Waals surface area (Å²) in [4.78, 5) is 15.6. The van der Waals surface area contributed by atoms with Gasteiger partial charge in [0.05, 0.1) is 11.0 Å². The molecule has 0 aliphatic carbocycles. The van der Waals surface area contributed by atoms with Crippen LogP contribution in [0.15, 0.2) is 70.4 Å². The number of hydrogen-bond acceptors (Lipinski definition) is 4. The number of para-hydroxylation sites is 1. The minimum atomic E-state index is -3.76. The van der Waals surface area contributed by atoms with Gasteiger partial charge in [-0.25, -0.2) is 8.42 Å². The molecule has 28 heavy (non-hydrogen) atoms. The zero-order valence-corrected chi connectivity index (χ0v) is 16.2. The molecule has 2 heterocycles. The van der Waals surface area contributed by atoms with E-state index in [2.05, 4.69) is 4.98 Å². The molecule has 1 fully saturated rings. The minimum Gasteiger partial charge on any atom is -0.377 e. The van der Waals surface area contributed by atoms with Gasteiger partial charge in [0.25, 0.3) is 5.56 Å². The summed E-state index contributed by atoms with van der Waals surface area (Å²) in [5.74, 6) is 0. The Bertz CT molecular complexity index is 1120. The van der Waals surface area contributed by atoms with E-state index in [1.54, 1.807) is 36.4 Å². The summed E-state index contributed by atoms with van der Waals surface area (Å²) >= 11 is 0. The Morgan fingerprint density at radius 3 is 2.57 bits per heavy atom. The minimum absolute atomic E-state index is 0.00272. The third-order valence-corrected chi connectivity index (χ3v) is 6.82. The summed E-state index contributed by atoms with van der Waals surface area (Å²) < 4.78 is 33.5. The van der Waals surface area contributed by atoms with Crippen molar-refractivity contribution >= 4 is 20.9 Å². The first kappa shape index (κ1) is 18.9. The molecule has 7 heteroatoms. The lowest BCUT2D eigenvalue weighted by Gasteiger charge is -2.25. The second kappa shape index (κ2) is 7.87. The monoisotopic (exact) mass is 398 g/mol. The van der Waals surface area contributed by atoms with Crippen LogP contribution < -0.4 is 5.56 Å². The van der Waals surface area contributed by atoms with Crippen molar-refractivity contribution in [1.82, 2.24) is 9.29 Å². The van der Waals surface area contributed by atoms with Crippen LogP contribution >= 0.6 is 0 Å². The fourth-order valence-electron chi connectivity index (χ4n) is 3.50. The molecule has 146 valence electrons. The normalized spacial score (nSPS) is 17.4. The van der Waals surface area contributed by atoms with E-state index in [1.165, 1.54) is 4.31 Å². The number of nitrogens with zero attached hydrogens (tertiary/aromatic N) is 1. The number of ether oxygens (including phenoxy) is 1. The first-order valence-corrected chi connectivity index (χ1v) is 10.8. The number of aromatic amines is 1. The Kier molecular flexibility index (Phi) is 5.30. The van der Waals surface area contributed by atoms with Gasteiger partial charge in [-0.05, 0) is 42.5 Å². The molecule has 0 bridgehead atoms. The quantitative estimate of drug-likeness (QED) is 0.692. The molecule has 0 unspecified atom stereocenters. The fourth-order valence-corrected chi connectivity index (χ4v) is 4.98. The third kappa shape index (κ3) is 3.87. The van der Waals surface area contributed by atoms with Crippen LogP contribution in [-0.4, -0.2) is 37.0 Å². The first-order chi connectivity index (χ1) is 13.5. The number of nitrogens with one attached hydrogen (secondary N) is 1. The van der Waals surface area contributed by atoms with Crippen LogP contribution in [0.4, 0.5) is 0 Å². The maximum absolute atomic E-state index is 13.3. The molecule has 0 spiro atoms. The van der Waals surface area contributed by atoms with E-state index in [9.17, 15) is 13.2 Å². The molecule has 1 aromatic heterocycles. The van der Waals surface area contributed by atoms with Crippen molar-refractivity contribution in [3.63, 3.8) is 0 Å². The van der Waals surface area contributed by atoms with Gasteiger partial charge in [0.15, 0.2) is 0 Å². The molecule has 0 saturated carbocycles. The number of pyridine rings is 1. The van der Waals surface area contributed by atoms with Gasteiger partial charge in [-0.3, -0.25) is 4.79 Å². The Morgan fingerprint density at radius 2 is 1.82 bits per heavy atom. The fraction of sp³-hybridized carbons (Fsp3) is 0.286. The molecular weight excluding hydrogens is 376 g/mol. The lowest BCUT2D eigenvalue weighted by atomic mass is 10.1. The van der Waals surface area contributed by atoms with Crippen molar-refractivity contribution in [3.05, 3.63) is 76.6 Å². The lowest BCUT2D eigenvalue weighted by molar-refractivity contribution is 0.0925. The van der Waals surface area contributed by atoms with E-state index < -0.39 is 10.0 Å². The van der Waals surface area contributed by atoms with Crippen molar-refractivity contribution in [3.8, 4) is 0 Å². The van der Waals surface area contributed by atoms with E-state index in [0.717, 1.165) is 23.7 Å². The van der Waals surface area contributed by atoms with Crippen LogP contribution in [0, 0.1) is 0 Å². The highest BCUT2D eigenvalue weighted by Crippen LogP contribution is 2.22. The highest BCUT2D eigenvalue weighted by molar-refractivity contribution is 7.89. The van der Waals surface area contributed by atoms with Crippen molar-refractivity contribution in [2.75, 3.05) is 13.2 Å². The Hall–Kier alpha value is -2.48. The van der Waals surface area contributed by atoms with E-state index in [4.69, 9.17) is 4.74 Å². The van der Waals surface area contributed by atoms with E-state index in [1.807, 2.05) is 24.3 Å². The van der Waals surface area contributed by atoms with E-state index >= 15 is 0 Å². The summed E-state index contributed by atoms with van der Waals surface area (Å²) in [5.41, 5.74) is 0.864. The first-order valence-electron chi connectivity index (χ1n) is 9.32. The molecule has 1 saturated heterocycles. The zero-order chi connectivity index (χ0) is 19.6. The van der Waals surface area contributed by atoms with Gasteiger partial charge in [0.2, 0.25) is 10.0 Å². The summed E-state index contributed by atoms with van der Waals surface area (Å²) in [7, 11) is -3.76. The lowest BCUT2D eigenvalue weighted by Crippen LogP contribution is -2.38. The largest absolute Gasteiger partial charge is 0.377 e. The Labute approximate surface area is 163 Å². The molecule has 1 N–H and O–H groups in total. The van der Waals surface area contributed by atoms with E-state index in [0.29, 0.717) is 12.2 Å². The van der Waals surface area contributed by atoms with Gasteiger partial charge >= 0.3 is 0 Å². The van der Waals surface area contributed by atoms with Gasteiger partial charge in [-0.15, -0.1) is 0 Å². The predicted molar refractivity (Wildman–Crippen MR) is 108 cm³/mol. The van der Waals surface area contributed by atoms with Crippen LogP contribution in [0.5, 0.6) is 0 Å². The second-order valence-corrected chi connectivity index (χ2v) is 8.89. The summed E-state index contributed by atoms with van der Waals surface area (Å²) in [6.45, 7) is 0.862. The van der Waals surface area contributed by atoms with Crippen molar-refractivity contribution < 1.29 is 13.2 Å². The van der Waals surface area contributed by atoms with Crippen LogP contribution in [0.3, 0.4) is 0 Å². The van der Waals surface area contributed by atoms with Gasteiger partial charge in [-0.2, -0.15) is 4.31 Å². The highest BCUT2D eigenvalue weighted by Gasteiger charge is 2.29. The molecular formula is C21H22N2O4S. The zero-order valence-electron chi connectivity index (χ0n) is 15.4. The predicted octanol–water partition coefficient (Wildman–Crippen LogP) is 2.90. The van der Waals surface area contributed by atoms with E-state index in [-0.39, 0.29) is 29.6 Å². The van der Waals surface area contributed by atoms with Crippen molar-refractivity contribution in [2.45, 2.75) is 30.4 Å². The molecule has 1 aliphatic rings. The summed E-state index contributed by atoms with van der Waals surface area (Å²) in [5, 5.41) is 0.867. The molecule has 4 rings (SSSR count). The van der Waals surface area contributed by atoms with Crippen LogP contribution in [0.1, 0.15) is 18.4 Å².